The smallest absolute Gasteiger partial charge is 0.301 e. The van der Waals surface area contributed by atoms with Crippen molar-refractivity contribution >= 4 is 9.24 Å². The van der Waals surface area contributed by atoms with Gasteiger partial charge in [-0.1, -0.05) is 0 Å². The lowest BCUT2D eigenvalue weighted by Crippen LogP contribution is -2.44. The molecule has 0 aliphatic heterocycles. The Labute approximate surface area is 54.8 Å². The zero-order chi connectivity index (χ0) is 8.58. The van der Waals surface area contributed by atoms with Gasteiger partial charge >= 0.3 is 12.1 Å². The highest BCUT2D eigenvalue weighted by atomic mass is 31.0. The SMILES string of the molecule is ON(C(F)(F)F)C(F)(F)P. The molecule has 0 aliphatic carbocycles. The van der Waals surface area contributed by atoms with Crippen LogP contribution in [0.1, 0.15) is 0 Å². The van der Waals surface area contributed by atoms with Crippen LogP contribution in [-0.4, -0.2) is 22.4 Å². The van der Waals surface area contributed by atoms with E-state index in [1.165, 1.54) is 0 Å². The van der Waals surface area contributed by atoms with Crippen molar-refractivity contribution in [3.8, 4) is 0 Å². The van der Waals surface area contributed by atoms with E-state index in [4.69, 9.17) is 5.21 Å². The molecule has 0 bridgehead atoms. The van der Waals surface area contributed by atoms with Gasteiger partial charge in [-0.25, -0.2) is 0 Å². The van der Waals surface area contributed by atoms with Crippen molar-refractivity contribution < 1.29 is 27.2 Å². The molecule has 0 saturated carbocycles. The van der Waals surface area contributed by atoms with Crippen molar-refractivity contribution in [3.05, 3.63) is 0 Å². The Balaban J connectivity index is 4.23. The highest BCUT2D eigenvalue weighted by Crippen LogP contribution is 2.34. The number of rotatable bonds is 1. The molecule has 0 heterocycles. The molecule has 8 heteroatoms. The number of halogens is 5. The minimum absolute atomic E-state index is 0.540. The standard InChI is InChI=1S/C2H3F5NOP/c3-1(4,5)8(9)2(6,7)10/h9H,10H2. The predicted molar refractivity (Wildman–Crippen MR) is 24.3 cm³/mol. The van der Waals surface area contributed by atoms with Gasteiger partial charge in [-0.3, -0.25) is 0 Å². The molecule has 0 amide bonds. The number of hydrogen-bond donors (Lipinski definition) is 1. The van der Waals surface area contributed by atoms with Gasteiger partial charge in [0.05, 0.1) is 0 Å². The quantitative estimate of drug-likeness (QED) is 0.289. The molecule has 1 atom stereocenters. The third-order valence-corrected chi connectivity index (χ3v) is 0.767. The average molecular weight is 183 g/mol. The van der Waals surface area contributed by atoms with Gasteiger partial charge in [0.15, 0.2) is 0 Å². The molecule has 0 aliphatic rings. The van der Waals surface area contributed by atoms with Crippen molar-refractivity contribution in [1.29, 1.82) is 0 Å². The Morgan fingerprint density at radius 1 is 1.10 bits per heavy atom. The fraction of sp³-hybridized carbons (Fsp3) is 1.00. The first-order valence-corrected chi connectivity index (χ1v) is 2.46. The summed E-state index contributed by atoms with van der Waals surface area (Å²) in [7, 11) is 0.540. The summed E-state index contributed by atoms with van der Waals surface area (Å²) in [6.07, 6.45) is -5.44. The van der Waals surface area contributed by atoms with Gasteiger partial charge in [0, 0.05) is 0 Å². The Hall–Kier alpha value is -0.0000000000000000555. The van der Waals surface area contributed by atoms with E-state index < -0.39 is 17.2 Å². The highest BCUT2D eigenvalue weighted by Gasteiger charge is 2.49. The zero-order valence-corrected chi connectivity index (χ0v) is 5.52. The van der Waals surface area contributed by atoms with Gasteiger partial charge < -0.3 is 5.21 Å². The zero-order valence-electron chi connectivity index (χ0n) is 4.36. The summed E-state index contributed by atoms with van der Waals surface area (Å²) in [6.45, 7) is 0. The summed E-state index contributed by atoms with van der Waals surface area (Å²) in [5, 5.41) is 5.66. The van der Waals surface area contributed by atoms with Gasteiger partial charge in [0.1, 0.15) is 0 Å². The van der Waals surface area contributed by atoms with E-state index in [9.17, 15) is 22.0 Å². The summed E-state index contributed by atoms with van der Waals surface area (Å²) in [6, 6.07) is 0. The molecule has 10 heavy (non-hydrogen) atoms. The Morgan fingerprint density at radius 3 is 1.40 bits per heavy atom. The Bertz CT molecular complexity index is 104. The van der Waals surface area contributed by atoms with Crippen LogP contribution in [0.3, 0.4) is 0 Å². The molecule has 0 rings (SSSR count). The van der Waals surface area contributed by atoms with Crippen molar-refractivity contribution in [3.63, 3.8) is 0 Å². The van der Waals surface area contributed by atoms with Gasteiger partial charge in [-0.15, -0.1) is 0 Å². The van der Waals surface area contributed by atoms with E-state index in [0.29, 0.717) is 9.24 Å². The van der Waals surface area contributed by atoms with E-state index in [1.54, 1.807) is 0 Å². The van der Waals surface area contributed by atoms with E-state index in [-0.39, 0.29) is 0 Å². The summed E-state index contributed by atoms with van der Waals surface area (Å²) in [5.74, 6) is -4.38. The lowest BCUT2D eigenvalue weighted by Gasteiger charge is -2.22. The minimum Gasteiger partial charge on any atom is -0.301 e. The number of alkyl halides is 5. The molecule has 1 N–H and O–H groups in total. The molecule has 2 nitrogen and oxygen atoms in total. The van der Waals surface area contributed by atoms with Crippen LogP contribution in [0.4, 0.5) is 22.0 Å². The van der Waals surface area contributed by atoms with Crippen LogP contribution < -0.4 is 0 Å². The molecule has 0 spiro atoms. The van der Waals surface area contributed by atoms with Crippen molar-refractivity contribution in [2.45, 2.75) is 12.1 Å². The largest absolute Gasteiger partial charge is 0.488 e. The fourth-order valence-electron chi connectivity index (χ4n) is 0.169. The van der Waals surface area contributed by atoms with E-state index >= 15 is 0 Å². The second-order valence-corrected chi connectivity index (χ2v) is 2.06. The topological polar surface area (TPSA) is 23.5 Å². The maximum Gasteiger partial charge on any atom is 0.488 e. The lowest BCUT2D eigenvalue weighted by atomic mass is 11.0. The maximum atomic E-state index is 11.5. The third kappa shape index (κ3) is 2.72. The molecule has 0 radical (unpaired) electrons. The average Bonchev–Trinajstić information content (AvgIpc) is 1.59. The third-order valence-electron chi connectivity index (χ3n) is 0.523. The first-order chi connectivity index (χ1) is 4.15. The van der Waals surface area contributed by atoms with E-state index in [1.807, 2.05) is 0 Å². The number of hydrogen-bond acceptors (Lipinski definition) is 2. The molecule has 0 aromatic heterocycles. The van der Waals surface area contributed by atoms with Crippen LogP contribution in [0.25, 0.3) is 0 Å². The summed E-state index contributed by atoms with van der Waals surface area (Å²) in [5.41, 5.74) is 0. The van der Waals surface area contributed by atoms with Crippen LogP contribution in [0.2, 0.25) is 0 Å². The van der Waals surface area contributed by atoms with Crippen LogP contribution in [-0.2, 0) is 0 Å². The van der Waals surface area contributed by atoms with Crippen LogP contribution in [0.15, 0.2) is 0 Å². The Kier molecular flexibility index (Phi) is 2.56. The maximum absolute atomic E-state index is 11.5. The molecule has 0 aromatic carbocycles. The fourth-order valence-corrected chi connectivity index (χ4v) is 0.315. The van der Waals surface area contributed by atoms with Crippen LogP contribution >= 0.6 is 9.24 Å². The summed E-state index contributed by atoms with van der Waals surface area (Å²) in [4.78, 5) is 0. The minimum atomic E-state index is -5.44. The lowest BCUT2D eigenvalue weighted by molar-refractivity contribution is -0.412. The normalized spacial score (nSPS) is 14.4. The van der Waals surface area contributed by atoms with Crippen LogP contribution in [0, 0.1) is 0 Å². The highest BCUT2D eigenvalue weighted by molar-refractivity contribution is 7.18. The van der Waals surface area contributed by atoms with E-state index in [2.05, 4.69) is 0 Å². The first kappa shape index (κ1) is 10.0. The monoisotopic (exact) mass is 183 g/mol. The molecule has 0 aromatic rings. The molecular weight excluding hydrogens is 180 g/mol. The van der Waals surface area contributed by atoms with Gasteiger partial charge in [0.25, 0.3) is 0 Å². The van der Waals surface area contributed by atoms with Crippen molar-refractivity contribution in [1.82, 2.24) is 5.06 Å². The second kappa shape index (κ2) is 2.56. The van der Waals surface area contributed by atoms with Crippen molar-refractivity contribution in [2.24, 2.45) is 0 Å². The molecule has 0 saturated heterocycles. The van der Waals surface area contributed by atoms with Gasteiger partial charge in [-0.2, -0.15) is 22.0 Å². The molecular formula is C2H3F5NOP. The second-order valence-electron chi connectivity index (χ2n) is 1.37. The predicted octanol–water partition coefficient (Wildman–Crippen LogP) is 1.62. The first-order valence-electron chi connectivity index (χ1n) is 1.88. The Morgan fingerprint density at radius 2 is 1.40 bits per heavy atom. The summed E-state index contributed by atoms with van der Waals surface area (Å²) >= 11 is 0. The number of hydroxylamine groups is 2. The molecule has 62 valence electrons. The van der Waals surface area contributed by atoms with Crippen molar-refractivity contribution in [2.75, 3.05) is 0 Å². The van der Waals surface area contributed by atoms with E-state index in [0.717, 1.165) is 0 Å². The van der Waals surface area contributed by atoms with Crippen LogP contribution in [0.5, 0.6) is 0 Å². The molecule has 0 fully saturated rings. The van der Waals surface area contributed by atoms with Gasteiger partial charge in [-0.05, 0) is 14.3 Å². The molecule has 1 unspecified atom stereocenters. The van der Waals surface area contributed by atoms with Gasteiger partial charge in [0.2, 0.25) is 0 Å². The summed E-state index contributed by atoms with van der Waals surface area (Å²) < 4.78 is 56.4. The number of nitrogens with zero attached hydrogens (tertiary/aromatic N) is 1.